The summed E-state index contributed by atoms with van der Waals surface area (Å²) in [4.78, 5) is 22.2. The first-order valence-electron chi connectivity index (χ1n) is 2.93. The van der Waals surface area contributed by atoms with Gasteiger partial charge in [-0.05, 0) is 28.1 Å². The molecule has 1 aromatic rings. The Labute approximate surface area is 81.3 Å². The molecule has 0 spiro atoms. The Morgan fingerprint density at radius 1 is 1.62 bits per heavy atom. The van der Waals surface area contributed by atoms with Gasteiger partial charge in [-0.2, -0.15) is 0 Å². The van der Waals surface area contributed by atoms with Gasteiger partial charge in [0, 0.05) is 6.20 Å². The van der Waals surface area contributed by atoms with Gasteiger partial charge in [-0.1, -0.05) is 0 Å². The van der Waals surface area contributed by atoms with E-state index in [9.17, 15) is 4.79 Å². The highest BCUT2D eigenvalue weighted by Crippen LogP contribution is 2.07. The molecule has 1 heterocycles. The molecule has 0 aliphatic carbocycles. The largest absolute Gasteiger partial charge is 0.478 e. The molecule has 0 saturated carbocycles. The van der Waals surface area contributed by atoms with Gasteiger partial charge in [-0.3, -0.25) is 0 Å². The third kappa shape index (κ3) is 4.86. The number of pyridine rings is 1. The Bertz CT molecular complexity index is 304. The summed E-state index contributed by atoms with van der Waals surface area (Å²) in [6, 6.07) is 2.88. The van der Waals surface area contributed by atoms with Crippen molar-refractivity contribution in [3.63, 3.8) is 0 Å². The maximum Gasteiger partial charge on any atom is 0.335 e. The van der Waals surface area contributed by atoms with Crippen LogP contribution < -0.4 is 0 Å². The molecule has 1 aromatic heterocycles. The maximum atomic E-state index is 10.3. The smallest absolute Gasteiger partial charge is 0.335 e. The van der Waals surface area contributed by atoms with Crippen LogP contribution in [-0.4, -0.2) is 21.3 Å². The third-order valence-corrected chi connectivity index (χ3v) is 1.41. The molecule has 0 bridgehead atoms. The lowest BCUT2D eigenvalue weighted by Crippen LogP contribution is -1.95. The topological polar surface area (TPSA) is 99.8 Å². The van der Waals surface area contributed by atoms with Gasteiger partial charge >= 0.3 is 5.97 Å². The number of hydrogen-bond acceptors (Lipinski definition) is 4. The normalized spacial score (nSPS) is 8.08. The Morgan fingerprint density at radius 3 is 2.46 bits per heavy atom. The lowest BCUT2D eigenvalue weighted by Gasteiger charge is -1.91. The monoisotopic (exact) mass is 248 g/mol. The van der Waals surface area contributed by atoms with E-state index in [0.29, 0.717) is 4.60 Å². The number of rotatable bonds is 1. The first kappa shape index (κ1) is 11.5. The average Bonchev–Trinajstić information content (AvgIpc) is 2.05. The number of nitrogens with zero attached hydrogens (tertiary/aromatic N) is 2. The van der Waals surface area contributed by atoms with Crippen molar-refractivity contribution in [1.82, 2.24) is 4.98 Å². The van der Waals surface area contributed by atoms with Crippen LogP contribution in [0.2, 0.25) is 0 Å². The van der Waals surface area contributed by atoms with E-state index in [1.54, 1.807) is 0 Å². The first-order chi connectivity index (χ1) is 6.11. The van der Waals surface area contributed by atoms with Gasteiger partial charge in [-0.25, -0.2) is 9.78 Å². The average molecular weight is 249 g/mol. The van der Waals surface area contributed by atoms with Crippen molar-refractivity contribution in [3.8, 4) is 0 Å². The fourth-order valence-electron chi connectivity index (χ4n) is 0.535. The molecule has 0 amide bonds. The number of aromatic nitrogens is 1. The van der Waals surface area contributed by atoms with Crippen LogP contribution in [0.25, 0.3) is 0 Å². The molecule has 1 rings (SSSR count). The van der Waals surface area contributed by atoms with Gasteiger partial charge in [0.15, 0.2) is 5.34 Å². The highest BCUT2D eigenvalue weighted by molar-refractivity contribution is 9.10. The second kappa shape index (κ2) is 6.06. The number of carbonyl (C=O) groups is 1. The van der Waals surface area contributed by atoms with E-state index in [-0.39, 0.29) is 5.56 Å². The molecule has 13 heavy (non-hydrogen) atoms. The zero-order valence-corrected chi connectivity index (χ0v) is 7.80. The lowest BCUT2D eigenvalue weighted by atomic mass is 10.3. The number of aromatic carboxylic acids is 1. The predicted molar refractivity (Wildman–Crippen MR) is 46.5 cm³/mol. The minimum atomic E-state index is -0.942. The predicted octanol–water partition coefficient (Wildman–Crippen LogP) is 1.68. The van der Waals surface area contributed by atoms with Crippen molar-refractivity contribution in [3.05, 3.63) is 33.4 Å². The molecule has 7 heteroatoms. The van der Waals surface area contributed by atoms with Crippen molar-refractivity contribution in [2.75, 3.05) is 0 Å². The molecule has 0 unspecified atom stereocenters. The second-order valence-electron chi connectivity index (χ2n) is 1.75. The van der Waals surface area contributed by atoms with Crippen LogP contribution in [0.5, 0.6) is 0 Å². The molecule has 0 saturated heterocycles. The standard InChI is InChI=1S/C6H4BrNO2.HNO2/c7-5-3-4(6(9)10)1-2-8-5;2-1-3/h1-3H,(H,9,10);(H,2,3). The van der Waals surface area contributed by atoms with E-state index in [4.69, 9.17) is 15.2 Å². The number of carboxylic acids is 1. The summed E-state index contributed by atoms with van der Waals surface area (Å²) < 4.78 is 0.535. The highest BCUT2D eigenvalue weighted by atomic mass is 79.9. The third-order valence-electron chi connectivity index (χ3n) is 0.974. The summed E-state index contributed by atoms with van der Waals surface area (Å²) in [5, 5.41) is 16.3. The van der Waals surface area contributed by atoms with E-state index in [1.807, 2.05) is 0 Å². The summed E-state index contributed by atoms with van der Waals surface area (Å²) in [6.45, 7) is 0. The van der Waals surface area contributed by atoms with Crippen LogP contribution in [0.1, 0.15) is 10.4 Å². The van der Waals surface area contributed by atoms with Crippen LogP contribution in [0, 0.1) is 4.91 Å². The molecule has 2 N–H and O–H groups in total. The highest BCUT2D eigenvalue weighted by Gasteiger charge is 2.00. The quantitative estimate of drug-likeness (QED) is 0.448. The molecule has 0 atom stereocenters. The molecular formula is C6H5BrN2O4. The maximum absolute atomic E-state index is 10.3. The van der Waals surface area contributed by atoms with E-state index in [0.717, 1.165) is 0 Å². The summed E-state index contributed by atoms with van der Waals surface area (Å²) in [5.74, 6) is -0.942. The van der Waals surface area contributed by atoms with Crippen LogP contribution in [-0.2, 0) is 0 Å². The van der Waals surface area contributed by atoms with E-state index in [2.05, 4.69) is 20.9 Å². The summed E-state index contributed by atoms with van der Waals surface area (Å²) in [6.07, 6.45) is 1.44. The van der Waals surface area contributed by atoms with Gasteiger partial charge in [-0.15, -0.1) is 4.91 Å². The van der Waals surface area contributed by atoms with Crippen molar-refractivity contribution >= 4 is 21.9 Å². The summed E-state index contributed by atoms with van der Waals surface area (Å²) in [5.41, 5.74) is 0.238. The number of halogens is 1. The van der Waals surface area contributed by atoms with Crippen LogP contribution in [0.4, 0.5) is 0 Å². The molecule has 0 aliphatic heterocycles. The SMILES string of the molecule is O=C(O)c1ccnc(Br)c1.O=NO. The van der Waals surface area contributed by atoms with E-state index >= 15 is 0 Å². The molecule has 70 valence electrons. The Hall–Kier alpha value is -1.50. The van der Waals surface area contributed by atoms with Gasteiger partial charge < -0.3 is 10.3 Å². The van der Waals surface area contributed by atoms with Gasteiger partial charge in [0.2, 0.25) is 0 Å². The fraction of sp³-hybridized carbons (Fsp3) is 0. The molecule has 0 aliphatic rings. The van der Waals surface area contributed by atoms with Gasteiger partial charge in [0.25, 0.3) is 0 Å². The van der Waals surface area contributed by atoms with E-state index in [1.165, 1.54) is 23.7 Å². The zero-order chi connectivity index (χ0) is 10.3. The van der Waals surface area contributed by atoms with E-state index < -0.39 is 5.97 Å². The van der Waals surface area contributed by atoms with Gasteiger partial charge in [0.1, 0.15) is 4.60 Å². The number of hydrogen-bond donors (Lipinski definition) is 2. The molecule has 0 radical (unpaired) electrons. The van der Waals surface area contributed by atoms with Crippen LogP contribution in [0.15, 0.2) is 28.3 Å². The minimum absolute atomic E-state index is 0.238. The molecule has 0 fully saturated rings. The van der Waals surface area contributed by atoms with Crippen molar-refractivity contribution in [2.45, 2.75) is 0 Å². The number of carboxylic acid groups (broad SMARTS) is 1. The zero-order valence-electron chi connectivity index (χ0n) is 6.22. The summed E-state index contributed by atoms with van der Waals surface area (Å²) in [7, 11) is 0. The second-order valence-corrected chi connectivity index (χ2v) is 2.57. The Balaban J connectivity index is 0.000000424. The molecular weight excluding hydrogens is 244 g/mol. The Morgan fingerprint density at radius 2 is 2.15 bits per heavy atom. The Kier molecular flexibility index (Phi) is 5.37. The lowest BCUT2D eigenvalue weighted by molar-refractivity contribution is 0.0696. The molecule has 6 nitrogen and oxygen atoms in total. The van der Waals surface area contributed by atoms with Crippen molar-refractivity contribution in [2.24, 2.45) is 5.34 Å². The first-order valence-corrected chi connectivity index (χ1v) is 3.72. The van der Waals surface area contributed by atoms with Crippen LogP contribution in [0.3, 0.4) is 0 Å². The van der Waals surface area contributed by atoms with Crippen molar-refractivity contribution < 1.29 is 15.1 Å². The van der Waals surface area contributed by atoms with Gasteiger partial charge in [0.05, 0.1) is 5.56 Å². The van der Waals surface area contributed by atoms with Crippen molar-refractivity contribution in [1.29, 1.82) is 0 Å². The fourth-order valence-corrected chi connectivity index (χ4v) is 0.900. The molecule has 0 aromatic carbocycles. The van der Waals surface area contributed by atoms with Crippen LogP contribution >= 0.6 is 15.9 Å². The minimum Gasteiger partial charge on any atom is -0.478 e. The summed E-state index contributed by atoms with van der Waals surface area (Å²) >= 11 is 3.06.